The van der Waals surface area contributed by atoms with Crippen molar-refractivity contribution in [3.8, 4) is 0 Å². The van der Waals surface area contributed by atoms with Crippen LogP contribution in [0.4, 0.5) is 0 Å². The van der Waals surface area contributed by atoms with Crippen molar-refractivity contribution in [2.75, 3.05) is 20.1 Å². The number of fused-ring (bicyclic) bond motifs is 2. The summed E-state index contributed by atoms with van der Waals surface area (Å²) < 4.78 is 0. The van der Waals surface area contributed by atoms with Gasteiger partial charge in [-0.05, 0) is 76.2 Å². The minimum atomic E-state index is -0.821. The minimum absolute atomic E-state index is 0.00383. The van der Waals surface area contributed by atoms with Crippen LogP contribution in [-0.2, 0) is 14.4 Å². The lowest BCUT2D eigenvalue weighted by Gasteiger charge is -2.29. The summed E-state index contributed by atoms with van der Waals surface area (Å²) in [5.74, 6) is 0.259. The second-order valence-electron chi connectivity index (χ2n) is 10.0. The Bertz CT molecular complexity index is 656. The molecule has 2 bridgehead atoms. The maximum absolute atomic E-state index is 12.6. The summed E-state index contributed by atoms with van der Waals surface area (Å²) in [7, 11) is 1.74. The number of aliphatic hydroxyl groups is 1. The van der Waals surface area contributed by atoms with Crippen LogP contribution < -0.4 is 5.32 Å². The number of nitrogens with zero attached hydrogens (tertiary/aromatic N) is 1. The van der Waals surface area contributed by atoms with E-state index in [1.165, 1.54) is 0 Å². The van der Waals surface area contributed by atoms with Gasteiger partial charge in [0.15, 0.2) is 5.78 Å². The fourth-order valence-corrected chi connectivity index (χ4v) is 4.90. The van der Waals surface area contributed by atoms with Crippen molar-refractivity contribution in [2.45, 2.75) is 84.2 Å². The summed E-state index contributed by atoms with van der Waals surface area (Å²) in [6, 6.07) is 0. The van der Waals surface area contributed by atoms with Crippen molar-refractivity contribution >= 4 is 17.6 Å². The number of hydrogen-bond acceptors (Lipinski definition) is 4. The zero-order valence-electron chi connectivity index (χ0n) is 19.2. The van der Waals surface area contributed by atoms with E-state index >= 15 is 0 Å². The molecule has 2 rings (SSSR count). The average molecular weight is 421 g/mol. The Hall–Kier alpha value is -1.69. The van der Waals surface area contributed by atoms with Gasteiger partial charge >= 0.3 is 0 Å². The van der Waals surface area contributed by atoms with E-state index < -0.39 is 5.60 Å². The van der Waals surface area contributed by atoms with Crippen LogP contribution in [0.25, 0.3) is 0 Å². The molecule has 4 atom stereocenters. The summed E-state index contributed by atoms with van der Waals surface area (Å²) in [5, 5.41) is 13.5. The van der Waals surface area contributed by atoms with E-state index in [2.05, 4.69) is 5.32 Å². The standard InChI is InChI=1S/C24H40N2O4/c1-17-14-24(3,30)10-6-7-18(2)21(27)12-19-8-5-9-20(11-19)13-22(28)25-15-23(29)26(4)16-17/h12,17-18,20,30H,5-11,13-16H2,1-4H3,(H,25,28)/b19-12+/t17-,18-,20+,24+/m1/s1. The molecule has 0 saturated heterocycles. The molecule has 1 heterocycles. The maximum Gasteiger partial charge on any atom is 0.241 e. The first-order valence-corrected chi connectivity index (χ1v) is 11.5. The van der Waals surface area contributed by atoms with Gasteiger partial charge < -0.3 is 15.3 Å². The monoisotopic (exact) mass is 420 g/mol. The first-order valence-electron chi connectivity index (χ1n) is 11.5. The third-order valence-electron chi connectivity index (χ3n) is 6.56. The predicted molar refractivity (Wildman–Crippen MR) is 118 cm³/mol. The van der Waals surface area contributed by atoms with Crippen LogP contribution in [0.15, 0.2) is 11.6 Å². The topological polar surface area (TPSA) is 86.7 Å². The number of carbonyl (C=O) groups excluding carboxylic acids is 3. The lowest BCUT2D eigenvalue weighted by molar-refractivity contribution is -0.132. The number of hydrogen-bond donors (Lipinski definition) is 2. The normalized spacial score (nSPS) is 35.5. The Balaban J connectivity index is 2.10. The molecular formula is C24H40N2O4. The van der Waals surface area contributed by atoms with Gasteiger partial charge in [-0.1, -0.05) is 19.4 Å². The average Bonchev–Trinajstić information content (AvgIpc) is 2.64. The number of carbonyl (C=O) groups is 3. The number of amides is 2. The Kier molecular flexibility index (Phi) is 9.08. The second kappa shape index (κ2) is 11.1. The Morgan fingerprint density at radius 2 is 1.87 bits per heavy atom. The Morgan fingerprint density at radius 3 is 2.60 bits per heavy atom. The molecule has 6 heteroatoms. The first kappa shape index (κ1) is 24.6. The van der Waals surface area contributed by atoms with Crippen molar-refractivity contribution in [1.82, 2.24) is 10.2 Å². The second-order valence-corrected chi connectivity index (χ2v) is 10.0. The van der Waals surface area contributed by atoms with E-state index in [-0.39, 0.29) is 41.9 Å². The highest BCUT2D eigenvalue weighted by Crippen LogP contribution is 2.31. The van der Waals surface area contributed by atoms with Crippen LogP contribution in [-0.4, -0.2) is 53.3 Å². The minimum Gasteiger partial charge on any atom is -0.390 e. The fourth-order valence-electron chi connectivity index (χ4n) is 4.90. The van der Waals surface area contributed by atoms with Crippen LogP contribution in [0, 0.1) is 17.8 Å². The molecule has 30 heavy (non-hydrogen) atoms. The molecule has 0 aromatic rings. The molecule has 1 fully saturated rings. The molecule has 1 aliphatic heterocycles. The summed E-state index contributed by atoms with van der Waals surface area (Å²) >= 11 is 0. The lowest BCUT2D eigenvalue weighted by Crippen LogP contribution is -2.41. The number of ketones is 1. The quantitative estimate of drug-likeness (QED) is 0.630. The molecule has 0 aromatic heterocycles. The molecule has 6 nitrogen and oxygen atoms in total. The van der Waals surface area contributed by atoms with Crippen LogP contribution in [0.5, 0.6) is 0 Å². The summed E-state index contributed by atoms with van der Waals surface area (Å²) in [6.45, 7) is 6.37. The van der Waals surface area contributed by atoms with Crippen molar-refractivity contribution in [3.63, 3.8) is 0 Å². The maximum atomic E-state index is 12.6. The van der Waals surface area contributed by atoms with Gasteiger partial charge in [0.25, 0.3) is 0 Å². The SMILES string of the molecule is C[C@H]1CN(C)C(=O)CNC(=O)C[C@H]2CCC/C(=C\C(=O)[C@H](C)CCC[C@](C)(O)C1)C2. The van der Waals surface area contributed by atoms with Crippen molar-refractivity contribution < 1.29 is 19.5 Å². The number of rotatable bonds is 0. The van der Waals surface area contributed by atoms with Crippen LogP contribution in [0.1, 0.15) is 78.6 Å². The zero-order valence-corrected chi connectivity index (χ0v) is 19.2. The summed E-state index contributed by atoms with van der Waals surface area (Å²) in [5.41, 5.74) is 0.323. The van der Waals surface area contributed by atoms with E-state index in [9.17, 15) is 19.5 Å². The molecule has 2 aliphatic rings. The molecule has 170 valence electrons. The van der Waals surface area contributed by atoms with Gasteiger partial charge in [-0.25, -0.2) is 0 Å². The third kappa shape index (κ3) is 8.21. The number of likely N-dealkylation sites (N-methyl/N-ethyl adjacent to an activating group) is 1. The van der Waals surface area contributed by atoms with Crippen molar-refractivity contribution in [3.05, 3.63) is 11.6 Å². The van der Waals surface area contributed by atoms with Crippen LogP contribution in [0.2, 0.25) is 0 Å². The molecule has 2 N–H and O–H groups in total. The largest absolute Gasteiger partial charge is 0.390 e. The molecule has 1 aliphatic carbocycles. The van der Waals surface area contributed by atoms with E-state index in [1.54, 1.807) is 11.9 Å². The van der Waals surface area contributed by atoms with Gasteiger partial charge in [-0.3, -0.25) is 14.4 Å². The lowest BCUT2D eigenvalue weighted by atomic mass is 9.82. The van der Waals surface area contributed by atoms with Gasteiger partial charge in [0.1, 0.15) is 0 Å². The molecule has 2 amide bonds. The fraction of sp³-hybridized carbons (Fsp3) is 0.792. The highest BCUT2D eigenvalue weighted by Gasteiger charge is 2.26. The molecule has 0 unspecified atom stereocenters. The summed E-state index contributed by atoms with van der Waals surface area (Å²) in [4.78, 5) is 39.0. The van der Waals surface area contributed by atoms with Crippen LogP contribution in [0.3, 0.4) is 0 Å². The number of nitrogens with one attached hydrogen (secondary N) is 1. The van der Waals surface area contributed by atoms with Gasteiger partial charge in [-0.15, -0.1) is 0 Å². The predicted octanol–water partition coefficient (Wildman–Crippen LogP) is 3.23. The van der Waals surface area contributed by atoms with Gasteiger partial charge in [0.2, 0.25) is 11.8 Å². The Morgan fingerprint density at radius 1 is 1.13 bits per heavy atom. The van der Waals surface area contributed by atoms with Gasteiger partial charge in [0, 0.05) is 25.9 Å². The zero-order chi connectivity index (χ0) is 22.3. The number of allylic oxidation sites excluding steroid dienone is 2. The van der Waals surface area contributed by atoms with E-state index in [4.69, 9.17) is 0 Å². The molecule has 1 saturated carbocycles. The summed E-state index contributed by atoms with van der Waals surface area (Å²) in [6.07, 6.45) is 8.68. The van der Waals surface area contributed by atoms with E-state index in [1.807, 2.05) is 26.8 Å². The van der Waals surface area contributed by atoms with Gasteiger partial charge in [-0.2, -0.15) is 0 Å². The third-order valence-corrected chi connectivity index (χ3v) is 6.56. The molecule has 0 radical (unpaired) electrons. The Labute approximate surface area is 181 Å². The highest BCUT2D eigenvalue weighted by molar-refractivity contribution is 5.92. The van der Waals surface area contributed by atoms with E-state index in [0.29, 0.717) is 25.8 Å². The van der Waals surface area contributed by atoms with Crippen molar-refractivity contribution in [2.24, 2.45) is 17.8 Å². The van der Waals surface area contributed by atoms with E-state index in [0.717, 1.165) is 44.1 Å². The molecule has 0 spiro atoms. The first-order chi connectivity index (χ1) is 14.1. The smallest absolute Gasteiger partial charge is 0.241 e. The molecule has 0 aromatic carbocycles. The molecular weight excluding hydrogens is 380 g/mol. The van der Waals surface area contributed by atoms with Crippen LogP contribution >= 0.6 is 0 Å². The van der Waals surface area contributed by atoms with Gasteiger partial charge in [0.05, 0.1) is 12.1 Å². The van der Waals surface area contributed by atoms with Crippen molar-refractivity contribution in [1.29, 1.82) is 0 Å². The highest BCUT2D eigenvalue weighted by atomic mass is 16.3.